The third kappa shape index (κ3) is 9.35. The first kappa shape index (κ1) is 39.1. The van der Waals surface area contributed by atoms with E-state index < -0.39 is 87.6 Å². The Morgan fingerprint density at radius 1 is 1.02 bits per heavy atom. The lowest BCUT2D eigenvalue weighted by atomic mass is 10.1. The number of rotatable bonds is 14. The van der Waals surface area contributed by atoms with Crippen molar-refractivity contribution in [2.45, 2.75) is 82.8 Å². The maximum absolute atomic E-state index is 13.4. The number of hydrogen-bond acceptors (Lipinski definition) is 15. The highest BCUT2D eigenvalue weighted by atomic mass is 35.5. The van der Waals surface area contributed by atoms with Crippen molar-refractivity contribution in [2.24, 2.45) is 0 Å². The Morgan fingerprint density at radius 3 is 2.14 bits per heavy atom. The predicted octanol–water partition coefficient (Wildman–Crippen LogP) is 3.42. The van der Waals surface area contributed by atoms with Gasteiger partial charge in [-0.25, -0.2) is 18.7 Å². The fourth-order valence-electron chi connectivity index (χ4n) is 4.71. The summed E-state index contributed by atoms with van der Waals surface area (Å²) in [6.45, 7) is 4.67. The van der Waals surface area contributed by atoms with E-state index in [0.29, 0.717) is 5.39 Å². The van der Waals surface area contributed by atoms with Crippen LogP contribution in [0.4, 0.5) is 19.8 Å². The maximum Gasteiger partial charge on any atom is 0.508 e. The number of anilines is 1. The molecule has 1 aliphatic heterocycles. The van der Waals surface area contributed by atoms with Crippen LogP contribution in [0.15, 0.2) is 30.5 Å². The number of carbonyl (C=O) groups is 2. The molecule has 5 atom stereocenters. The van der Waals surface area contributed by atoms with Gasteiger partial charge in [-0.1, -0.05) is 12.1 Å². The zero-order valence-corrected chi connectivity index (χ0v) is 29.2. The summed E-state index contributed by atoms with van der Waals surface area (Å²) in [6.07, 6.45) is -8.84. The van der Waals surface area contributed by atoms with Crippen molar-refractivity contribution in [3.63, 3.8) is 0 Å². The van der Waals surface area contributed by atoms with Crippen LogP contribution < -0.4 is 5.32 Å². The van der Waals surface area contributed by atoms with E-state index >= 15 is 0 Å². The average Bonchev–Trinajstić information content (AvgIpc) is 3.55. The Morgan fingerprint density at radius 2 is 1.60 bits per heavy atom. The molecule has 50 heavy (non-hydrogen) atoms. The summed E-state index contributed by atoms with van der Waals surface area (Å²) in [5.41, 5.74) is 0.813. The molecule has 1 fully saturated rings. The van der Waals surface area contributed by atoms with Gasteiger partial charge in [0.25, 0.3) is 0 Å². The molecule has 1 saturated heterocycles. The van der Waals surface area contributed by atoms with E-state index in [1.54, 1.807) is 19.1 Å². The third-order valence-corrected chi connectivity index (χ3v) is 8.89. The molecule has 18 nitrogen and oxygen atoms in total. The Kier molecular flexibility index (Phi) is 12.6. The molecule has 0 aliphatic carbocycles. The number of aromatic nitrogens is 4. The second-order valence-electron chi connectivity index (χ2n) is 11.8. The molecule has 3 heterocycles. The van der Waals surface area contributed by atoms with Crippen molar-refractivity contribution in [1.29, 1.82) is 0 Å². The van der Waals surface area contributed by atoms with E-state index in [-0.39, 0.29) is 22.8 Å². The van der Waals surface area contributed by atoms with Gasteiger partial charge in [0.15, 0.2) is 11.9 Å². The molecule has 0 radical (unpaired) electrons. The van der Waals surface area contributed by atoms with Crippen molar-refractivity contribution in [3.05, 3.63) is 47.1 Å². The quantitative estimate of drug-likeness (QED) is 0.0900. The van der Waals surface area contributed by atoms with Crippen molar-refractivity contribution < 1.29 is 67.0 Å². The number of halogens is 2. The molecule has 0 amide bonds. The largest absolute Gasteiger partial charge is 0.508 e. The normalized spacial score (nSPS) is 20.3. The molecule has 0 spiro atoms. The third-order valence-electron chi connectivity index (χ3n) is 7.27. The summed E-state index contributed by atoms with van der Waals surface area (Å²) < 4.78 is 58.3. The minimum absolute atomic E-state index is 0.0790. The zero-order chi connectivity index (χ0) is 37.0. The van der Waals surface area contributed by atoms with Gasteiger partial charge in [0.2, 0.25) is 10.6 Å². The number of fused-ring (bicyclic) bond motifs is 1. The molecular formula is C29H38ClFN5O13P. The van der Waals surface area contributed by atoms with E-state index in [1.807, 2.05) is 0 Å². The molecule has 3 aromatic rings. The first-order valence-electron chi connectivity index (χ1n) is 15.2. The van der Waals surface area contributed by atoms with Crippen LogP contribution in [0.3, 0.4) is 0 Å². The molecule has 5 N–H and O–H groups in total. The van der Waals surface area contributed by atoms with Crippen molar-refractivity contribution >= 4 is 48.4 Å². The highest BCUT2D eigenvalue weighted by Gasteiger charge is 2.54. The minimum Gasteiger partial charge on any atom is -0.432 e. The molecule has 1 aliphatic rings. The van der Waals surface area contributed by atoms with Crippen molar-refractivity contribution in [2.75, 3.05) is 25.1 Å². The van der Waals surface area contributed by atoms with Crippen LogP contribution in [0.25, 0.3) is 11.0 Å². The fourth-order valence-corrected chi connectivity index (χ4v) is 5.59. The predicted molar refractivity (Wildman–Crippen MR) is 171 cm³/mol. The van der Waals surface area contributed by atoms with E-state index in [4.69, 9.17) is 40.0 Å². The van der Waals surface area contributed by atoms with Crippen LogP contribution in [-0.2, 0) is 33.0 Å². The number of aliphatic hydroxyl groups excluding tert-OH is 2. The standard InChI is InChI=1S/C29H38ClFN5O13P/c1-14(2)47-27(39)44-12-29(50(41,42)43,13-45-28(40)48-15(3)4)46-11-20-21(37)22(38)25(49-20)36-24-19(10-32-36)23(34-26(30)35-24)33-16(5)17-6-8-18(31)9-7-17/h6-10,14-16,20-22,25,37-38H,11-13H2,1-5H3,(H,33,34,35)(H2,41,42,43)/t16?,20-,21-,22-,25-/m1/s1. The lowest BCUT2D eigenvalue weighted by Crippen LogP contribution is -2.47. The molecule has 21 heteroatoms. The van der Waals surface area contributed by atoms with Crippen LogP contribution >= 0.6 is 19.2 Å². The first-order valence-corrected chi connectivity index (χ1v) is 17.2. The van der Waals surface area contributed by atoms with Gasteiger partial charge in [-0.05, 0) is 63.9 Å². The van der Waals surface area contributed by atoms with Gasteiger partial charge in [0.05, 0.1) is 30.4 Å². The number of benzene rings is 1. The molecule has 0 saturated carbocycles. The highest BCUT2D eigenvalue weighted by Crippen LogP contribution is 2.52. The molecular weight excluding hydrogens is 712 g/mol. The zero-order valence-electron chi connectivity index (χ0n) is 27.5. The molecule has 2 aromatic heterocycles. The second kappa shape index (κ2) is 16.1. The van der Waals surface area contributed by atoms with E-state index in [2.05, 4.69) is 20.4 Å². The molecule has 1 aromatic carbocycles. The SMILES string of the molecule is CC(C)OC(=O)OCC(COC(=O)OC(C)C)(OC[C@H]1O[C@@H](n2ncc3c(NC(C)c4ccc(F)cc4)nc(Cl)nc32)[C@H](O)[C@@H]1O)P(=O)(O)O. The van der Waals surface area contributed by atoms with Gasteiger partial charge in [0, 0.05) is 6.04 Å². The first-order chi connectivity index (χ1) is 23.4. The van der Waals surface area contributed by atoms with Crippen LogP contribution in [0.1, 0.15) is 52.5 Å². The van der Waals surface area contributed by atoms with Crippen LogP contribution in [0.2, 0.25) is 5.28 Å². The van der Waals surface area contributed by atoms with Crippen LogP contribution in [0.5, 0.6) is 0 Å². The summed E-state index contributed by atoms with van der Waals surface area (Å²) in [5.74, 6) is -0.156. The topological polar surface area (TPSA) is 243 Å². The summed E-state index contributed by atoms with van der Waals surface area (Å²) in [7, 11) is -5.49. The van der Waals surface area contributed by atoms with Gasteiger partial charge >= 0.3 is 19.9 Å². The smallest absolute Gasteiger partial charge is 0.432 e. The van der Waals surface area contributed by atoms with Gasteiger partial charge < -0.3 is 53.7 Å². The Balaban J connectivity index is 1.56. The molecule has 0 bridgehead atoms. The van der Waals surface area contributed by atoms with E-state index in [9.17, 15) is 38.5 Å². The Bertz CT molecular complexity index is 1670. The highest BCUT2D eigenvalue weighted by molar-refractivity contribution is 7.53. The summed E-state index contributed by atoms with van der Waals surface area (Å²) in [6, 6.07) is 5.44. The Hall–Kier alpha value is -3.68. The van der Waals surface area contributed by atoms with E-state index in [1.165, 1.54) is 46.0 Å². The van der Waals surface area contributed by atoms with Gasteiger partial charge in [-0.2, -0.15) is 15.1 Å². The van der Waals surface area contributed by atoms with Crippen LogP contribution in [0, 0.1) is 5.82 Å². The lowest BCUT2D eigenvalue weighted by Gasteiger charge is -2.33. The number of hydrogen-bond donors (Lipinski definition) is 5. The molecule has 4 rings (SSSR count). The number of nitrogens with zero attached hydrogens (tertiary/aromatic N) is 4. The molecule has 276 valence electrons. The lowest BCUT2D eigenvalue weighted by molar-refractivity contribution is -0.130. The van der Waals surface area contributed by atoms with Gasteiger partial charge in [-0.15, -0.1) is 0 Å². The van der Waals surface area contributed by atoms with Crippen molar-refractivity contribution in [3.8, 4) is 0 Å². The van der Waals surface area contributed by atoms with E-state index in [0.717, 1.165) is 10.2 Å². The van der Waals surface area contributed by atoms with Crippen LogP contribution in [-0.4, -0.2) is 108 Å². The minimum atomic E-state index is -5.49. The summed E-state index contributed by atoms with van der Waals surface area (Å²) >= 11 is 6.22. The second-order valence-corrected chi connectivity index (χ2v) is 14.1. The maximum atomic E-state index is 13.4. The van der Waals surface area contributed by atoms with Gasteiger partial charge in [0.1, 0.15) is 43.2 Å². The Labute approximate surface area is 289 Å². The number of ether oxygens (including phenoxy) is 6. The number of carbonyl (C=O) groups excluding carboxylic acids is 2. The number of nitrogens with one attached hydrogen (secondary N) is 1. The number of aliphatic hydroxyl groups is 2. The molecule has 1 unspecified atom stereocenters. The average molecular weight is 750 g/mol. The van der Waals surface area contributed by atoms with Crippen molar-refractivity contribution in [1.82, 2.24) is 19.7 Å². The van der Waals surface area contributed by atoms with Gasteiger partial charge in [-0.3, -0.25) is 4.57 Å². The summed E-state index contributed by atoms with van der Waals surface area (Å²) in [4.78, 5) is 53.3. The fraction of sp³-hybridized carbons (Fsp3) is 0.552. The summed E-state index contributed by atoms with van der Waals surface area (Å²) in [5, 5.41) is 26.6. The monoisotopic (exact) mass is 749 g/mol.